The Morgan fingerprint density at radius 2 is 2.24 bits per heavy atom. The SMILES string of the molecule is Cc1cc([N+](=O)[O-])ccc1NC1CCCC1N. The van der Waals surface area contributed by atoms with E-state index >= 15 is 0 Å². The van der Waals surface area contributed by atoms with Gasteiger partial charge in [-0.1, -0.05) is 0 Å². The molecule has 0 bridgehead atoms. The summed E-state index contributed by atoms with van der Waals surface area (Å²) in [5.41, 5.74) is 7.94. The minimum atomic E-state index is -0.377. The lowest BCUT2D eigenvalue weighted by Crippen LogP contribution is -2.35. The Labute approximate surface area is 100 Å². The van der Waals surface area contributed by atoms with E-state index in [-0.39, 0.29) is 22.7 Å². The summed E-state index contributed by atoms with van der Waals surface area (Å²) < 4.78 is 0. The van der Waals surface area contributed by atoms with Crippen molar-refractivity contribution in [3.63, 3.8) is 0 Å². The predicted molar refractivity (Wildman–Crippen MR) is 67.1 cm³/mol. The van der Waals surface area contributed by atoms with Gasteiger partial charge in [0, 0.05) is 29.9 Å². The van der Waals surface area contributed by atoms with Crippen LogP contribution in [0.2, 0.25) is 0 Å². The Balaban J connectivity index is 2.14. The lowest BCUT2D eigenvalue weighted by atomic mass is 10.1. The molecule has 3 N–H and O–H groups in total. The molecule has 0 amide bonds. The number of benzene rings is 1. The molecule has 1 aromatic rings. The van der Waals surface area contributed by atoms with Crippen LogP contribution in [0.5, 0.6) is 0 Å². The van der Waals surface area contributed by atoms with E-state index in [0.717, 1.165) is 30.5 Å². The van der Waals surface area contributed by atoms with E-state index in [9.17, 15) is 10.1 Å². The lowest BCUT2D eigenvalue weighted by molar-refractivity contribution is -0.384. The predicted octanol–water partition coefficient (Wildman–Crippen LogP) is 2.19. The highest BCUT2D eigenvalue weighted by molar-refractivity contribution is 5.56. The Morgan fingerprint density at radius 1 is 1.47 bits per heavy atom. The molecule has 2 unspecified atom stereocenters. The molecule has 0 saturated heterocycles. The Bertz CT molecular complexity index is 434. The molecular weight excluding hydrogens is 218 g/mol. The first-order chi connectivity index (χ1) is 8.08. The molecule has 92 valence electrons. The van der Waals surface area contributed by atoms with Crippen LogP contribution in [-0.2, 0) is 0 Å². The van der Waals surface area contributed by atoms with E-state index in [0.29, 0.717) is 0 Å². The number of nitrogens with one attached hydrogen (secondary N) is 1. The maximum absolute atomic E-state index is 10.6. The fourth-order valence-corrected chi connectivity index (χ4v) is 2.29. The highest BCUT2D eigenvalue weighted by Crippen LogP contribution is 2.26. The number of hydrogen-bond donors (Lipinski definition) is 2. The summed E-state index contributed by atoms with van der Waals surface area (Å²) in [7, 11) is 0. The average molecular weight is 235 g/mol. The average Bonchev–Trinajstić information content (AvgIpc) is 2.67. The number of aryl methyl sites for hydroxylation is 1. The number of rotatable bonds is 3. The maximum Gasteiger partial charge on any atom is 0.269 e. The van der Waals surface area contributed by atoms with Crippen LogP contribution in [0.3, 0.4) is 0 Å². The molecule has 0 heterocycles. The first kappa shape index (κ1) is 11.9. The van der Waals surface area contributed by atoms with Gasteiger partial charge >= 0.3 is 0 Å². The first-order valence-electron chi connectivity index (χ1n) is 5.85. The zero-order chi connectivity index (χ0) is 12.4. The number of nitro groups is 1. The van der Waals surface area contributed by atoms with Crippen molar-refractivity contribution in [2.45, 2.75) is 38.3 Å². The molecular formula is C12H17N3O2. The fourth-order valence-electron chi connectivity index (χ4n) is 2.29. The van der Waals surface area contributed by atoms with Crippen LogP contribution in [0.1, 0.15) is 24.8 Å². The van der Waals surface area contributed by atoms with Crippen molar-refractivity contribution in [2.24, 2.45) is 5.73 Å². The third-order valence-corrected chi connectivity index (χ3v) is 3.33. The van der Waals surface area contributed by atoms with E-state index in [1.807, 2.05) is 6.92 Å². The number of nitro benzene ring substituents is 1. The molecule has 0 aromatic heterocycles. The monoisotopic (exact) mass is 235 g/mol. The number of nitrogens with zero attached hydrogens (tertiary/aromatic N) is 1. The van der Waals surface area contributed by atoms with Gasteiger partial charge in [0.1, 0.15) is 0 Å². The molecule has 0 aliphatic heterocycles. The summed E-state index contributed by atoms with van der Waals surface area (Å²) in [4.78, 5) is 10.2. The maximum atomic E-state index is 10.6. The number of nitrogens with two attached hydrogens (primary N) is 1. The van der Waals surface area contributed by atoms with Crippen LogP contribution in [0.4, 0.5) is 11.4 Å². The summed E-state index contributed by atoms with van der Waals surface area (Å²) >= 11 is 0. The molecule has 5 heteroatoms. The van der Waals surface area contributed by atoms with Gasteiger partial charge in [-0.05, 0) is 37.8 Å². The topological polar surface area (TPSA) is 81.2 Å². The molecule has 0 radical (unpaired) electrons. The summed E-state index contributed by atoms with van der Waals surface area (Å²) in [6.45, 7) is 1.87. The lowest BCUT2D eigenvalue weighted by Gasteiger charge is -2.19. The standard InChI is InChI=1S/C12H17N3O2/c1-8-7-9(15(16)17)5-6-11(8)14-12-4-2-3-10(12)13/h5-7,10,12,14H,2-4,13H2,1H3. The third-order valence-electron chi connectivity index (χ3n) is 3.33. The zero-order valence-electron chi connectivity index (χ0n) is 9.85. The summed E-state index contributed by atoms with van der Waals surface area (Å²) in [6, 6.07) is 5.34. The van der Waals surface area contributed by atoms with E-state index in [4.69, 9.17) is 5.73 Å². The largest absolute Gasteiger partial charge is 0.381 e. The van der Waals surface area contributed by atoms with Crippen LogP contribution in [0.15, 0.2) is 18.2 Å². The molecule has 0 spiro atoms. The van der Waals surface area contributed by atoms with Crippen molar-refractivity contribution in [3.05, 3.63) is 33.9 Å². The molecule has 1 saturated carbocycles. The molecule has 2 atom stereocenters. The molecule has 1 aliphatic carbocycles. The Hall–Kier alpha value is -1.62. The molecule has 1 aromatic carbocycles. The van der Waals surface area contributed by atoms with Gasteiger partial charge in [0.2, 0.25) is 0 Å². The second-order valence-corrected chi connectivity index (χ2v) is 4.60. The molecule has 17 heavy (non-hydrogen) atoms. The van der Waals surface area contributed by atoms with Crippen molar-refractivity contribution in [1.82, 2.24) is 0 Å². The van der Waals surface area contributed by atoms with Gasteiger partial charge in [0.15, 0.2) is 0 Å². The van der Waals surface area contributed by atoms with Crippen LogP contribution in [0.25, 0.3) is 0 Å². The van der Waals surface area contributed by atoms with Crippen molar-refractivity contribution in [1.29, 1.82) is 0 Å². The quantitative estimate of drug-likeness (QED) is 0.621. The van der Waals surface area contributed by atoms with Crippen LogP contribution < -0.4 is 11.1 Å². The second kappa shape index (κ2) is 4.71. The molecule has 5 nitrogen and oxygen atoms in total. The summed E-state index contributed by atoms with van der Waals surface area (Å²) in [6.07, 6.45) is 3.26. The van der Waals surface area contributed by atoms with Crippen molar-refractivity contribution >= 4 is 11.4 Å². The van der Waals surface area contributed by atoms with Crippen molar-refractivity contribution < 1.29 is 4.92 Å². The normalized spacial score (nSPS) is 23.6. The Kier molecular flexibility index (Phi) is 3.28. The highest BCUT2D eigenvalue weighted by Gasteiger charge is 2.24. The highest BCUT2D eigenvalue weighted by atomic mass is 16.6. The number of anilines is 1. The van der Waals surface area contributed by atoms with Gasteiger partial charge < -0.3 is 11.1 Å². The zero-order valence-corrected chi connectivity index (χ0v) is 9.85. The van der Waals surface area contributed by atoms with Gasteiger partial charge in [0.25, 0.3) is 5.69 Å². The van der Waals surface area contributed by atoms with E-state index in [1.54, 1.807) is 12.1 Å². The van der Waals surface area contributed by atoms with Crippen molar-refractivity contribution in [3.8, 4) is 0 Å². The van der Waals surface area contributed by atoms with E-state index in [1.165, 1.54) is 6.07 Å². The first-order valence-corrected chi connectivity index (χ1v) is 5.85. The molecule has 1 aliphatic rings. The van der Waals surface area contributed by atoms with Crippen molar-refractivity contribution in [2.75, 3.05) is 5.32 Å². The van der Waals surface area contributed by atoms with Gasteiger partial charge in [-0.3, -0.25) is 10.1 Å². The minimum Gasteiger partial charge on any atom is -0.381 e. The van der Waals surface area contributed by atoms with Gasteiger partial charge in [-0.15, -0.1) is 0 Å². The van der Waals surface area contributed by atoms with Crippen LogP contribution in [-0.4, -0.2) is 17.0 Å². The fraction of sp³-hybridized carbons (Fsp3) is 0.500. The number of non-ortho nitro benzene ring substituents is 1. The minimum absolute atomic E-state index is 0.128. The van der Waals surface area contributed by atoms with Gasteiger partial charge in [-0.25, -0.2) is 0 Å². The third kappa shape index (κ3) is 2.55. The Morgan fingerprint density at radius 3 is 2.76 bits per heavy atom. The van der Waals surface area contributed by atoms with Gasteiger partial charge in [0.05, 0.1) is 4.92 Å². The summed E-state index contributed by atoms with van der Waals surface area (Å²) in [5, 5.41) is 14.0. The molecule has 2 rings (SSSR count). The second-order valence-electron chi connectivity index (χ2n) is 4.60. The van der Waals surface area contributed by atoms with E-state index < -0.39 is 0 Å². The number of hydrogen-bond acceptors (Lipinski definition) is 4. The summed E-state index contributed by atoms with van der Waals surface area (Å²) in [5.74, 6) is 0. The van der Waals surface area contributed by atoms with Gasteiger partial charge in [-0.2, -0.15) is 0 Å². The smallest absolute Gasteiger partial charge is 0.269 e. The van der Waals surface area contributed by atoms with E-state index in [2.05, 4.69) is 5.32 Å². The molecule has 1 fully saturated rings. The van der Waals surface area contributed by atoms with Crippen LogP contribution in [0, 0.1) is 17.0 Å². The van der Waals surface area contributed by atoms with Crippen LogP contribution >= 0.6 is 0 Å².